The number of rotatable bonds is 3. The van der Waals surface area contributed by atoms with Gasteiger partial charge in [0.25, 0.3) is 5.91 Å². The van der Waals surface area contributed by atoms with Crippen LogP contribution in [0.4, 0.5) is 5.69 Å². The summed E-state index contributed by atoms with van der Waals surface area (Å²) in [5, 5.41) is 2.39. The second-order valence-electron chi connectivity index (χ2n) is 3.29. The molecule has 5 heteroatoms. The van der Waals surface area contributed by atoms with Crippen molar-refractivity contribution in [2.24, 2.45) is 0 Å². The molecule has 0 aromatic heterocycles. The van der Waals surface area contributed by atoms with E-state index in [9.17, 15) is 9.59 Å². The second-order valence-corrected chi connectivity index (χ2v) is 3.29. The highest BCUT2D eigenvalue weighted by Crippen LogP contribution is 2.09. The fourth-order valence-electron chi connectivity index (χ4n) is 1.15. The highest BCUT2D eigenvalue weighted by Gasteiger charge is 2.17. The Balaban J connectivity index is 2.69. The molecule has 0 spiro atoms. The first kappa shape index (κ1) is 12.0. The Labute approximate surface area is 93.6 Å². The van der Waals surface area contributed by atoms with Gasteiger partial charge in [-0.05, 0) is 25.1 Å². The zero-order valence-corrected chi connectivity index (χ0v) is 9.19. The van der Waals surface area contributed by atoms with Crippen LogP contribution in [0.1, 0.15) is 17.3 Å². The summed E-state index contributed by atoms with van der Waals surface area (Å²) in [7, 11) is 1.48. The number of esters is 1. The van der Waals surface area contributed by atoms with Gasteiger partial charge >= 0.3 is 5.97 Å². The van der Waals surface area contributed by atoms with Gasteiger partial charge in [-0.25, -0.2) is 4.79 Å². The van der Waals surface area contributed by atoms with Gasteiger partial charge in [-0.2, -0.15) is 0 Å². The molecular formula is C11H14N2O3. The predicted molar refractivity (Wildman–Crippen MR) is 59.8 cm³/mol. The maximum Gasteiger partial charge on any atom is 0.338 e. The minimum Gasteiger partial charge on any atom is -0.449 e. The molecule has 0 fully saturated rings. The van der Waals surface area contributed by atoms with Crippen molar-refractivity contribution < 1.29 is 14.3 Å². The third kappa shape index (κ3) is 2.98. The van der Waals surface area contributed by atoms with Gasteiger partial charge in [0, 0.05) is 12.7 Å². The number of anilines is 1. The average molecular weight is 222 g/mol. The van der Waals surface area contributed by atoms with E-state index in [0.717, 1.165) is 0 Å². The van der Waals surface area contributed by atoms with Crippen LogP contribution in [0.2, 0.25) is 0 Å². The van der Waals surface area contributed by atoms with Crippen molar-refractivity contribution in [1.82, 2.24) is 5.32 Å². The molecule has 0 bridgehead atoms. The van der Waals surface area contributed by atoms with E-state index in [2.05, 4.69) is 5.32 Å². The van der Waals surface area contributed by atoms with E-state index in [1.165, 1.54) is 20.0 Å². The summed E-state index contributed by atoms with van der Waals surface area (Å²) in [5.41, 5.74) is 6.33. The topological polar surface area (TPSA) is 81.4 Å². The van der Waals surface area contributed by atoms with Crippen LogP contribution in [0.5, 0.6) is 0 Å². The van der Waals surface area contributed by atoms with Crippen LogP contribution in [-0.2, 0) is 9.53 Å². The monoisotopic (exact) mass is 222 g/mol. The molecule has 0 heterocycles. The number of likely N-dealkylation sites (N-methyl/N-ethyl adjacent to an activating group) is 1. The lowest BCUT2D eigenvalue weighted by molar-refractivity contribution is -0.128. The lowest BCUT2D eigenvalue weighted by Gasteiger charge is -2.11. The molecule has 86 valence electrons. The van der Waals surface area contributed by atoms with Crippen LogP contribution in [0.3, 0.4) is 0 Å². The third-order valence-corrected chi connectivity index (χ3v) is 2.02. The van der Waals surface area contributed by atoms with Crippen LogP contribution in [-0.4, -0.2) is 25.0 Å². The van der Waals surface area contributed by atoms with E-state index in [0.29, 0.717) is 11.3 Å². The number of ether oxygens (including phenoxy) is 1. The first-order chi connectivity index (χ1) is 7.54. The number of nitrogens with one attached hydrogen (secondary N) is 1. The SMILES string of the molecule is CNC(=O)C(C)OC(=O)c1cccc(N)c1. The molecule has 0 radical (unpaired) electrons. The molecule has 1 atom stereocenters. The summed E-state index contributed by atoms with van der Waals surface area (Å²) in [5.74, 6) is -0.916. The van der Waals surface area contributed by atoms with Crippen molar-refractivity contribution in [2.45, 2.75) is 13.0 Å². The zero-order valence-electron chi connectivity index (χ0n) is 9.19. The van der Waals surface area contributed by atoms with Crippen LogP contribution >= 0.6 is 0 Å². The van der Waals surface area contributed by atoms with Gasteiger partial charge in [-0.1, -0.05) is 6.07 Å². The Bertz CT molecular complexity index is 404. The molecule has 1 aromatic rings. The van der Waals surface area contributed by atoms with Crippen LogP contribution in [0.15, 0.2) is 24.3 Å². The first-order valence-electron chi connectivity index (χ1n) is 4.82. The number of nitrogens with two attached hydrogens (primary N) is 1. The van der Waals surface area contributed by atoms with Gasteiger partial charge in [0.05, 0.1) is 5.56 Å². The Kier molecular flexibility index (Phi) is 3.88. The molecule has 5 nitrogen and oxygen atoms in total. The smallest absolute Gasteiger partial charge is 0.338 e. The van der Waals surface area contributed by atoms with Gasteiger partial charge < -0.3 is 15.8 Å². The lowest BCUT2D eigenvalue weighted by Crippen LogP contribution is -2.33. The number of benzene rings is 1. The number of hydrogen-bond donors (Lipinski definition) is 2. The molecule has 1 rings (SSSR count). The van der Waals surface area contributed by atoms with E-state index in [4.69, 9.17) is 10.5 Å². The molecule has 1 amide bonds. The molecule has 1 aromatic carbocycles. The Morgan fingerprint density at radius 2 is 2.12 bits per heavy atom. The van der Waals surface area contributed by atoms with Gasteiger partial charge in [0.15, 0.2) is 6.10 Å². The maximum absolute atomic E-state index is 11.6. The van der Waals surface area contributed by atoms with E-state index in [-0.39, 0.29) is 5.91 Å². The van der Waals surface area contributed by atoms with Crippen LogP contribution < -0.4 is 11.1 Å². The standard InChI is InChI=1S/C11H14N2O3/c1-7(10(14)13-2)16-11(15)8-4-3-5-9(12)6-8/h3-7H,12H2,1-2H3,(H,13,14). The predicted octanol–water partition coefficient (Wildman–Crippen LogP) is 0.560. The van der Waals surface area contributed by atoms with E-state index >= 15 is 0 Å². The number of nitrogen functional groups attached to an aromatic ring is 1. The summed E-state index contributed by atoms with van der Waals surface area (Å²) in [6.07, 6.45) is -0.820. The van der Waals surface area contributed by atoms with Crippen molar-refractivity contribution in [3.05, 3.63) is 29.8 Å². The molecule has 0 saturated heterocycles. The van der Waals surface area contributed by atoms with Gasteiger partial charge in [-0.15, -0.1) is 0 Å². The summed E-state index contributed by atoms with van der Waals surface area (Å²) in [6.45, 7) is 1.50. The lowest BCUT2D eigenvalue weighted by atomic mass is 10.2. The largest absolute Gasteiger partial charge is 0.449 e. The number of carbonyl (C=O) groups is 2. The number of amides is 1. The van der Waals surface area contributed by atoms with E-state index < -0.39 is 12.1 Å². The van der Waals surface area contributed by atoms with Gasteiger partial charge in [-0.3, -0.25) is 4.79 Å². The van der Waals surface area contributed by atoms with Crippen molar-refractivity contribution in [3.63, 3.8) is 0 Å². The Morgan fingerprint density at radius 3 is 2.69 bits per heavy atom. The normalized spacial score (nSPS) is 11.6. The van der Waals surface area contributed by atoms with Crippen molar-refractivity contribution in [2.75, 3.05) is 12.8 Å². The number of hydrogen-bond acceptors (Lipinski definition) is 4. The summed E-state index contributed by atoms with van der Waals surface area (Å²) < 4.78 is 4.94. The van der Waals surface area contributed by atoms with Crippen LogP contribution in [0, 0.1) is 0 Å². The van der Waals surface area contributed by atoms with Crippen molar-refractivity contribution in [1.29, 1.82) is 0 Å². The summed E-state index contributed by atoms with van der Waals surface area (Å²) in [4.78, 5) is 22.7. The quantitative estimate of drug-likeness (QED) is 0.578. The average Bonchev–Trinajstić information content (AvgIpc) is 2.27. The van der Waals surface area contributed by atoms with Gasteiger partial charge in [0.2, 0.25) is 0 Å². The first-order valence-corrected chi connectivity index (χ1v) is 4.82. The minimum atomic E-state index is -0.820. The second kappa shape index (κ2) is 5.16. The molecular weight excluding hydrogens is 208 g/mol. The fraction of sp³-hybridized carbons (Fsp3) is 0.273. The molecule has 16 heavy (non-hydrogen) atoms. The van der Waals surface area contributed by atoms with Crippen molar-refractivity contribution in [3.8, 4) is 0 Å². The van der Waals surface area contributed by atoms with E-state index in [1.54, 1.807) is 18.2 Å². The summed E-state index contributed by atoms with van der Waals surface area (Å²) in [6, 6.07) is 6.39. The molecule has 3 N–H and O–H groups in total. The summed E-state index contributed by atoms with van der Waals surface area (Å²) >= 11 is 0. The highest BCUT2D eigenvalue weighted by atomic mass is 16.5. The maximum atomic E-state index is 11.6. The molecule has 0 aliphatic heterocycles. The Morgan fingerprint density at radius 1 is 1.44 bits per heavy atom. The number of carbonyl (C=O) groups excluding carboxylic acids is 2. The molecule has 0 saturated carbocycles. The highest BCUT2D eigenvalue weighted by molar-refractivity contribution is 5.92. The Hall–Kier alpha value is -2.04. The molecule has 0 aliphatic rings. The van der Waals surface area contributed by atoms with Crippen molar-refractivity contribution >= 4 is 17.6 Å². The van der Waals surface area contributed by atoms with E-state index in [1.807, 2.05) is 0 Å². The minimum absolute atomic E-state index is 0.329. The van der Waals surface area contributed by atoms with Crippen LogP contribution in [0.25, 0.3) is 0 Å². The third-order valence-electron chi connectivity index (χ3n) is 2.02. The molecule has 0 aliphatic carbocycles. The van der Waals surface area contributed by atoms with Gasteiger partial charge in [0.1, 0.15) is 0 Å². The fourth-order valence-corrected chi connectivity index (χ4v) is 1.15. The zero-order chi connectivity index (χ0) is 12.1. The molecule has 1 unspecified atom stereocenters.